The maximum absolute atomic E-state index is 5.37. The zero-order valence-corrected chi connectivity index (χ0v) is 44.6. The Labute approximate surface area is 474 Å². The van der Waals surface area contributed by atoms with Gasteiger partial charge in [0, 0.05) is 87.7 Å². The molecule has 6 aromatic heterocycles. The van der Waals surface area contributed by atoms with Crippen molar-refractivity contribution < 1.29 is 0 Å². The van der Waals surface area contributed by atoms with E-state index in [1.807, 2.05) is 36.4 Å². The Kier molecular flexibility index (Phi) is 9.64. The summed E-state index contributed by atoms with van der Waals surface area (Å²) in [6.45, 7) is 0. The van der Waals surface area contributed by atoms with E-state index in [4.69, 9.17) is 15.0 Å². The van der Waals surface area contributed by atoms with Gasteiger partial charge in [-0.05, 0) is 78.9 Å². The van der Waals surface area contributed by atoms with Crippen molar-refractivity contribution in [3.8, 4) is 51.5 Å². The quantitative estimate of drug-likeness (QED) is 0.160. The lowest BCUT2D eigenvalue weighted by molar-refractivity contribution is 0.953. The maximum Gasteiger partial charge on any atom is 0.238 e. The highest BCUT2D eigenvalue weighted by Crippen LogP contribution is 2.45. The Hall–Kier alpha value is -11.4. The number of para-hydroxylation sites is 6. The molecule has 18 aromatic rings. The molecule has 0 saturated heterocycles. The summed E-state index contributed by atoms with van der Waals surface area (Å²) in [7, 11) is 0. The fourth-order valence-electron chi connectivity index (χ4n) is 13.6. The monoisotopic (exact) mass is 1060 g/mol. The minimum absolute atomic E-state index is 0.549. The summed E-state index contributed by atoms with van der Waals surface area (Å²) in [6.07, 6.45) is 0. The molecule has 0 N–H and O–H groups in total. The molecule has 386 valence electrons. The topological polar surface area (TPSA) is 63.3 Å². The van der Waals surface area contributed by atoms with Crippen molar-refractivity contribution in [2.45, 2.75) is 0 Å². The van der Waals surface area contributed by atoms with Gasteiger partial charge < -0.3 is 18.3 Å². The smallest absolute Gasteiger partial charge is 0.238 e. The SMILES string of the molecule is c1ccc(-c2nc(-c3ccccc3)nc(-n3c4ccccc4c4ccc5c6ccccc6n(-c6cccc(-n7c8ccccc8c8ccc9c%10ccccc%10n(-c%10ccc(-n%11c%12ccccc%12c%12ccccc%12%11)cc%10)c9c87)c6)c5c43)n2)cc1. The number of hydrogen-bond donors (Lipinski definition) is 0. The lowest BCUT2D eigenvalue weighted by Crippen LogP contribution is -2.07. The molecule has 12 aromatic carbocycles. The van der Waals surface area contributed by atoms with Gasteiger partial charge in [0.05, 0.1) is 55.2 Å². The average molecular weight is 1060 g/mol. The molecule has 0 radical (unpaired) electrons. The number of fused-ring (bicyclic) bond motifs is 17. The molecule has 0 aliphatic rings. The van der Waals surface area contributed by atoms with Crippen molar-refractivity contribution in [3.05, 3.63) is 279 Å². The van der Waals surface area contributed by atoms with Gasteiger partial charge in [0.1, 0.15) is 0 Å². The standard InChI is InChI=1S/C75H46N8/c1-3-20-47(21-4-1)73-76-74(48-22-5-2-6-23-48)78-75(77-73)83-68-37-18-12-31-58(68)62-45-44-61-57-30-11-17-36-67(57)82(71(61)72(62)83)52-25-19-24-51(46-52)81-66-35-16-10-29-56(66)60-43-42-59-55-28-9-15-34-65(55)80(69(59)70(60)81)50-40-38-49(39-41-50)79-63-32-13-7-26-53(63)54-27-8-14-33-64(54)79/h1-46H. The molecule has 83 heavy (non-hydrogen) atoms. The Morgan fingerprint density at radius 3 is 0.867 bits per heavy atom. The number of rotatable bonds is 7. The van der Waals surface area contributed by atoms with Crippen molar-refractivity contribution in [1.82, 2.24) is 37.8 Å². The highest BCUT2D eigenvalue weighted by Gasteiger charge is 2.26. The van der Waals surface area contributed by atoms with Crippen LogP contribution in [0.1, 0.15) is 0 Å². The predicted octanol–water partition coefficient (Wildman–Crippen LogP) is 18.7. The van der Waals surface area contributed by atoms with Crippen LogP contribution in [0.5, 0.6) is 0 Å². The van der Waals surface area contributed by atoms with E-state index >= 15 is 0 Å². The van der Waals surface area contributed by atoms with E-state index in [2.05, 4.69) is 265 Å². The molecular formula is C75H46N8. The highest BCUT2D eigenvalue weighted by molar-refractivity contribution is 6.25. The van der Waals surface area contributed by atoms with E-state index < -0.39 is 0 Å². The molecule has 0 saturated carbocycles. The third-order valence-corrected chi connectivity index (χ3v) is 17.1. The summed E-state index contributed by atoms with van der Waals surface area (Å²) in [4.78, 5) is 15.9. The normalized spacial score (nSPS) is 12.1. The lowest BCUT2D eigenvalue weighted by Gasteiger charge is -2.16. The van der Waals surface area contributed by atoms with Gasteiger partial charge in [-0.3, -0.25) is 4.57 Å². The Balaban J connectivity index is 0.893. The van der Waals surface area contributed by atoms with Gasteiger partial charge in [0.15, 0.2) is 11.6 Å². The van der Waals surface area contributed by atoms with Crippen LogP contribution in [0.4, 0.5) is 0 Å². The van der Waals surface area contributed by atoms with Gasteiger partial charge in [-0.15, -0.1) is 0 Å². The van der Waals surface area contributed by atoms with Gasteiger partial charge >= 0.3 is 0 Å². The first-order valence-corrected chi connectivity index (χ1v) is 28.2. The minimum atomic E-state index is 0.549. The summed E-state index contributed by atoms with van der Waals surface area (Å²) in [5.41, 5.74) is 17.3. The summed E-state index contributed by atoms with van der Waals surface area (Å²) >= 11 is 0. The van der Waals surface area contributed by atoms with E-state index in [1.165, 1.54) is 43.4 Å². The zero-order chi connectivity index (χ0) is 54.3. The van der Waals surface area contributed by atoms with Crippen LogP contribution in [-0.4, -0.2) is 37.8 Å². The second-order valence-corrected chi connectivity index (χ2v) is 21.5. The second kappa shape index (κ2) is 17.6. The van der Waals surface area contributed by atoms with E-state index in [0.717, 1.165) is 99.6 Å². The van der Waals surface area contributed by atoms with Crippen LogP contribution in [0.3, 0.4) is 0 Å². The largest absolute Gasteiger partial charge is 0.309 e. The molecule has 0 aliphatic carbocycles. The molecule has 0 atom stereocenters. The van der Waals surface area contributed by atoms with Crippen LogP contribution in [0.2, 0.25) is 0 Å². The van der Waals surface area contributed by atoms with Gasteiger partial charge in [-0.1, -0.05) is 200 Å². The lowest BCUT2D eigenvalue weighted by atomic mass is 10.1. The fraction of sp³-hybridized carbons (Fsp3) is 0. The Morgan fingerprint density at radius 2 is 0.482 bits per heavy atom. The zero-order valence-electron chi connectivity index (χ0n) is 44.6. The van der Waals surface area contributed by atoms with Crippen molar-refractivity contribution in [2.24, 2.45) is 0 Å². The van der Waals surface area contributed by atoms with E-state index in [-0.39, 0.29) is 0 Å². The first kappa shape index (κ1) is 45.5. The summed E-state index contributed by atoms with van der Waals surface area (Å²) in [5.74, 6) is 1.76. The van der Waals surface area contributed by atoms with E-state index in [9.17, 15) is 0 Å². The molecule has 0 bridgehead atoms. The molecular weight excluding hydrogens is 1010 g/mol. The summed E-state index contributed by atoms with van der Waals surface area (Å²) < 4.78 is 12.1. The van der Waals surface area contributed by atoms with Crippen molar-refractivity contribution in [1.29, 1.82) is 0 Å². The van der Waals surface area contributed by atoms with E-state index in [1.54, 1.807) is 0 Å². The predicted molar refractivity (Wildman–Crippen MR) is 342 cm³/mol. The summed E-state index contributed by atoms with van der Waals surface area (Å²) in [5, 5.41) is 11.8. The molecule has 8 nitrogen and oxygen atoms in total. The molecule has 0 fully saturated rings. The summed E-state index contributed by atoms with van der Waals surface area (Å²) in [6, 6.07) is 101. The van der Waals surface area contributed by atoms with Gasteiger partial charge in [0.2, 0.25) is 5.95 Å². The first-order valence-electron chi connectivity index (χ1n) is 28.2. The highest BCUT2D eigenvalue weighted by atomic mass is 15.2. The van der Waals surface area contributed by atoms with Crippen molar-refractivity contribution in [3.63, 3.8) is 0 Å². The van der Waals surface area contributed by atoms with Crippen LogP contribution < -0.4 is 0 Å². The van der Waals surface area contributed by atoms with Crippen LogP contribution in [0.15, 0.2) is 279 Å². The Bertz CT molecular complexity index is 5570. The number of benzene rings is 12. The minimum Gasteiger partial charge on any atom is -0.309 e. The van der Waals surface area contributed by atoms with Crippen LogP contribution in [-0.2, 0) is 0 Å². The van der Waals surface area contributed by atoms with Crippen LogP contribution in [0.25, 0.3) is 161 Å². The second-order valence-electron chi connectivity index (χ2n) is 21.5. The number of aromatic nitrogens is 8. The van der Waals surface area contributed by atoms with E-state index in [0.29, 0.717) is 17.6 Å². The molecule has 8 heteroatoms. The Morgan fingerprint density at radius 1 is 0.193 bits per heavy atom. The fourth-order valence-corrected chi connectivity index (χ4v) is 13.6. The average Bonchev–Trinajstić information content (AvgIpc) is 3.35. The molecule has 0 amide bonds. The van der Waals surface area contributed by atoms with Crippen LogP contribution >= 0.6 is 0 Å². The molecule has 0 aliphatic heterocycles. The van der Waals surface area contributed by atoms with Gasteiger partial charge in [-0.25, -0.2) is 4.98 Å². The maximum atomic E-state index is 5.37. The third kappa shape index (κ3) is 6.60. The van der Waals surface area contributed by atoms with Gasteiger partial charge in [-0.2, -0.15) is 9.97 Å². The molecule has 0 spiro atoms. The van der Waals surface area contributed by atoms with Crippen molar-refractivity contribution >= 4 is 109 Å². The number of nitrogens with zero attached hydrogens (tertiary/aromatic N) is 8. The molecule has 18 rings (SSSR count). The molecule has 0 unspecified atom stereocenters. The van der Waals surface area contributed by atoms with Crippen molar-refractivity contribution in [2.75, 3.05) is 0 Å². The number of hydrogen-bond acceptors (Lipinski definition) is 3. The third-order valence-electron chi connectivity index (χ3n) is 17.1. The van der Waals surface area contributed by atoms with Gasteiger partial charge in [0.25, 0.3) is 0 Å². The first-order chi connectivity index (χ1) is 41.2. The van der Waals surface area contributed by atoms with Crippen LogP contribution in [0, 0.1) is 0 Å². The molecule has 6 heterocycles.